The molecule has 84 valence electrons. The van der Waals surface area contributed by atoms with E-state index in [1.807, 2.05) is 24.3 Å². The zero-order valence-corrected chi connectivity index (χ0v) is 9.90. The first-order valence-corrected chi connectivity index (χ1v) is 5.40. The Kier molecular flexibility index (Phi) is 3.00. The Morgan fingerprint density at radius 3 is 2.81 bits per heavy atom. The van der Waals surface area contributed by atoms with Crippen molar-refractivity contribution < 1.29 is 0 Å². The van der Waals surface area contributed by atoms with E-state index in [1.54, 1.807) is 0 Å². The van der Waals surface area contributed by atoms with Gasteiger partial charge in [0.2, 0.25) is 0 Å². The Labute approximate surface area is 99.3 Å². The van der Waals surface area contributed by atoms with Crippen LogP contribution in [0.5, 0.6) is 0 Å². The van der Waals surface area contributed by atoms with E-state index in [0.29, 0.717) is 11.2 Å². The minimum absolute atomic E-state index is 0.363. The molecule has 0 atom stereocenters. The quantitative estimate of drug-likeness (QED) is 0.813. The summed E-state index contributed by atoms with van der Waals surface area (Å²) in [7, 11) is 0. The zero-order valence-electron chi connectivity index (χ0n) is 9.08. The van der Waals surface area contributed by atoms with E-state index < -0.39 is 0 Å². The standard InChI is InChI=1S/C10H13N5S/c1-7(2)11-8-4-3-5-9(6-8)15-10(16)12-13-14-15/h3-7,11H,1-2H3,(H,12,14,16)/p-1. The number of nitrogens with one attached hydrogen (secondary N) is 1. The molecular formula is C10H12N5S-. The van der Waals surface area contributed by atoms with E-state index >= 15 is 0 Å². The molecule has 0 amide bonds. The average molecular weight is 234 g/mol. The number of aromatic nitrogens is 4. The van der Waals surface area contributed by atoms with Gasteiger partial charge in [-0.05, 0) is 42.5 Å². The summed E-state index contributed by atoms with van der Waals surface area (Å²) in [4.78, 5) is 0. The van der Waals surface area contributed by atoms with Crippen LogP contribution in [0.15, 0.2) is 29.4 Å². The highest BCUT2D eigenvalue weighted by molar-refractivity contribution is 7.58. The van der Waals surface area contributed by atoms with Gasteiger partial charge in [-0.15, -0.1) is 5.10 Å². The van der Waals surface area contributed by atoms with Crippen LogP contribution in [0.3, 0.4) is 0 Å². The molecule has 0 saturated heterocycles. The van der Waals surface area contributed by atoms with Crippen molar-refractivity contribution in [3.8, 4) is 5.69 Å². The molecule has 5 nitrogen and oxygen atoms in total. The van der Waals surface area contributed by atoms with Crippen molar-refractivity contribution in [2.24, 2.45) is 0 Å². The van der Waals surface area contributed by atoms with Crippen LogP contribution in [-0.2, 0) is 12.6 Å². The molecule has 2 aromatic rings. The maximum atomic E-state index is 5.00. The lowest BCUT2D eigenvalue weighted by molar-refractivity contribution is 0.757. The van der Waals surface area contributed by atoms with Crippen LogP contribution in [0, 0.1) is 0 Å². The summed E-state index contributed by atoms with van der Waals surface area (Å²) >= 11 is 5.00. The van der Waals surface area contributed by atoms with Crippen LogP contribution in [0.1, 0.15) is 13.8 Å². The van der Waals surface area contributed by atoms with E-state index in [2.05, 4.69) is 34.7 Å². The van der Waals surface area contributed by atoms with Gasteiger partial charge in [-0.25, -0.2) is 4.68 Å². The number of anilines is 1. The minimum atomic E-state index is 0.363. The van der Waals surface area contributed by atoms with Crippen molar-refractivity contribution in [2.75, 3.05) is 5.32 Å². The van der Waals surface area contributed by atoms with Gasteiger partial charge < -0.3 is 17.9 Å². The molecule has 2 rings (SSSR count). The molecule has 1 heterocycles. The predicted octanol–water partition coefficient (Wildman–Crippen LogP) is 1.39. The monoisotopic (exact) mass is 234 g/mol. The van der Waals surface area contributed by atoms with Crippen molar-refractivity contribution in [3.63, 3.8) is 0 Å². The van der Waals surface area contributed by atoms with Crippen LogP contribution in [-0.4, -0.2) is 26.2 Å². The number of hydrogen-bond acceptors (Lipinski definition) is 5. The van der Waals surface area contributed by atoms with Gasteiger partial charge in [0.25, 0.3) is 0 Å². The Bertz CT molecular complexity index is 480. The van der Waals surface area contributed by atoms with Gasteiger partial charge in [0.05, 0.1) is 5.69 Å². The molecule has 0 aliphatic rings. The molecule has 0 spiro atoms. The maximum Gasteiger partial charge on any atom is 0.0684 e. The van der Waals surface area contributed by atoms with Crippen molar-refractivity contribution in [3.05, 3.63) is 24.3 Å². The number of benzene rings is 1. The van der Waals surface area contributed by atoms with E-state index in [4.69, 9.17) is 12.6 Å². The Morgan fingerprint density at radius 2 is 2.19 bits per heavy atom. The molecule has 0 aliphatic carbocycles. The van der Waals surface area contributed by atoms with Gasteiger partial charge in [0.1, 0.15) is 0 Å². The topological polar surface area (TPSA) is 55.6 Å². The molecule has 1 N–H and O–H groups in total. The molecule has 0 bridgehead atoms. The third-order valence-electron chi connectivity index (χ3n) is 1.99. The molecule has 0 fully saturated rings. The minimum Gasteiger partial charge on any atom is -0.738 e. The van der Waals surface area contributed by atoms with E-state index in [1.165, 1.54) is 4.68 Å². The fraction of sp³-hybridized carbons (Fsp3) is 0.300. The van der Waals surface area contributed by atoms with Gasteiger partial charge in [-0.3, -0.25) is 0 Å². The zero-order chi connectivity index (χ0) is 11.5. The normalized spacial score (nSPS) is 10.7. The first-order chi connectivity index (χ1) is 7.66. The van der Waals surface area contributed by atoms with Gasteiger partial charge >= 0.3 is 0 Å². The van der Waals surface area contributed by atoms with Gasteiger partial charge in [-0.1, -0.05) is 6.07 Å². The Morgan fingerprint density at radius 1 is 1.38 bits per heavy atom. The second-order valence-electron chi connectivity index (χ2n) is 3.72. The van der Waals surface area contributed by atoms with Crippen LogP contribution in [0.25, 0.3) is 5.69 Å². The fourth-order valence-corrected chi connectivity index (χ4v) is 1.58. The molecular weight excluding hydrogens is 222 g/mol. The van der Waals surface area contributed by atoms with E-state index in [9.17, 15) is 0 Å². The molecule has 0 unspecified atom stereocenters. The van der Waals surface area contributed by atoms with Gasteiger partial charge in [0, 0.05) is 16.9 Å². The highest BCUT2D eigenvalue weighted by Crippen LogP contribution is 2.15. The smallest absolute Gasteiger partial charge is 0.0684 e. The second kappa shape index (κ2) is 4.44. The van der Waals surface area contributed by atoms with Crippen molar-refractivity contribution >= 4 is 18.3 Å². The summed E-state index contributed by atoms with van der Waals surface area (Å²) in [5.41, 5.74) is 1.89. The largest absolute Gasteiger partial charge is 0.738 e. The van der Waals surface area contributed by atoms with Gasteiger partial charge in [0.15, 0.2) is 0 Å². The summed E-state index contributed by atoms with van der Waals surface area (Å²) in [5, 5.41) is 14.7. The van der Waals surface area contributed by atoms with Crippen LogP contribution in [0.4, 0.5) is 5.69 Å². The lowest BCUT2D eigenvalue weighted by Crippen LogP contribution is -2.10. The summed E-state index contributed by atoms with van der Waals surface area (Å²) < 4.78 is 1.53. The third kappa shape index (κ3) is 2.27. The first-order valence-electron chi connectivity index (χ1n) is 4.99. The lowest BCUT2D eigenvalue weighted by Gasteiger charge is -2.12. The number of hydrogen-bond donors (Lipinski definition) is 1. The van der Waals surface area contributed by atoms with Crippen molar-refractivity contribution in [1.29, 1.82) is 0 Å². The molecule has 1 aromatic carbocycles. The molecule has 0 aliphatic heterocycles. The first kappa shape index (κ1) is 10.8. The lowest BCUT2D eigenvalue weighted by atomic mass is 10.2. The molecule has 6 heteroatoms. The fourth-order valence-electron chi connectivity index (χ4n) is 1.40. The predicted molar refractivity (Wildman–Crippen MR) is 63.5 cm³/mol. The van der Waals surface area contributed by atoms with E-state index in [0.717, 1.165) is 11.4 Å². The summed E-state index contributed by atoms with van der Waals surface area (Å²) in [6.45, 7) is 4.17. The average Bonchev–Trinajstić information content (AvgIpc) is 2.64. The summed E-state index contributed by atoms with van der Waals surface area (Å²) in [6, 6.07) is 8.20. The molecule has 0 saturated carbocycles. The Balaban J connectivity index is 2.33. The Hall–Kier alpha value is -1.69. The summed E-state index contributed by atoms with van der Waals surface area (Å²) in [5.74, 6) is 0. The SMILES string of the molecule is CC(C)Nc1cccc(-n2nnnc2[S-])c1. The number of rotatable bonds is 3. The van der Waals surface area contributed by atoms with Gasteiger partial charge in [-0.2, -0.15) is 0 Å². The van der Waals surface area contributed by atoms with Crippen molar-refractivity contribution in [2.45, 2.75) is 25.0 Å². The van der Waals surface area contributed by atoms with Crippen LogP contribution < -0.4 is 5.32 Å². The van der Waals surface area contributed by atoms with E-state index in [-0.39, 0.29) is 0 Å². The number of tetrazole rings is 1. The molecule has 16 heavy (non-hydrogen) atoms. The summed E-state index contributed by atoms with van der Waals surface area (Å²) in [6.07, 6.45) is 0. The maximum absolute atomic E-state index is 5.00. The second-order valence-corrected chi connectivity index (χ2v) is 4.09. The number of nitrogens with zero attached hydrogens (tertiary/aromatic N) is 4. The third-order valence-corrected chi connectivity index (χ3v) is 2.24. The van der Waals surface area contributed by atoms with Crippen molar-refractivity contribution in [1.82, 2.24) is 20.2 Å². The molecule has 0 radical (unpaired) electrons. The molecule has 1 aromatic heterocycles. The van der Waals surface area contributed by atoms with Crippen LogP contribution >= 0.6 is 0 Å². The highest BCUT2D eigenvalue weighted by atomic mass is 32.1. The highest BCUT2D eigenvalue weighted by Gasteiger charge is 2.01. The van der Waals surface area contributed by atoms with Crippen LogP contribution in [0.2, 0.25) is 0 Å².